The topological polar surface area (TPSA) is 64.3 Å². The summed E-state index contributed by atoms with van der Waals surface area (Å²) < 4.78 is 5.31. The van der Waals surface area contributed by atoms with Gasteiger partial charge in [0.05, 0.1) is 6.61 Å². The third-order valence-corrected chi connectivity index (χ3v) is 2.30. The fraction of sp³-hybridized carbons (Fsp3) is 0.636. The maximum absolute atomic E-state index is 5.49. The fourth-order valence-electron chi connectivity index (χ4n) is 1.34. The average Bonchev–Trinajstić information content (AvgIpc) is 2.35. The molecule has 0 saturated heterocycles. The van der Waals surface area contributed by atoms with Gasteiger partial charge in [-0.25, -0.2) is 9.97 Å². The summed E-state index contributed by atoms with van der Waals surface area (Å²) in [5, 5.41) is 0. The largest absolute Gasteiger partial charge is 0.380 e. The van der Waals surface area contributed by atoms with Crippen molar-refractivity contribution in [2.24, 2.45) is 5.73 Å². The molecular formula is C11H20N4O. The zero-order chi connectivity index (χ0) is 11.8. The first-order valence-electron chi connectivity index (χ1n) is 5.65. The lowest BCUT2D eigenvalue weighted by molar-refractivity contribution is 0.153. The number of likely N-dealkylation sites (N-methyl/N-ethyl adjacent to an activating group) is 1. The fourth-order valence-corrected chi connectivity index (χ4v) is 1.34. The van der Waals surface area contributed by atoms with E-state index in [2.05, 4.69) is 21.8 Å². The summed E-state index contributed by atoms with van der Waals surface area (Å²) in [6.07, 6.45) is 3.54. The summed E-state index contributed by atoms with van der Waals surface area (Å²) in [6.45, 7) is 7.67. The molecule has 1 heterocycles. The average molecular weight is 224 g/mol. The molecule has 1 aromatic heterocycles. The van der Waals surface area contributed by atoms with Crippen LogP contribution in [-0.2, 0) is 11.3 Å². The molecule has 1 rings (SSSR count). The van der Waals surface area contributed by atoms with Crippen molar-refractivity contribution < 1.29 is 4.74 Å². The molecule has 0 radical (unpaired) electrons. The highest BCUT2D eigenvalue weighted by Crippen LogP contribution is 2.06. The van der Waals surface area contributed by atoms with Gasteiger partial charge in [-0.3, -0.25) is 0 Å². The van der Waals surface area contributed by atoms with Crippen LogP contribution in [0.4, 0.5) is 5.95 Å². The molecule has 5 nitrogen and oxygen atoms in total. The molecule has 0 spiro atoms. The zero-order valence-electron chi connectivity index (χ0n) is 10.0. The number of nitrogens with zero attached hydrogens (tertiary/aromatic N) is 3. The Morgan fingerprint density at radius 3 is 2.50 bits per heavy atom. The Kier molecular flexibility index (Phi) is 5.74. The van der Waals surface area contributed by atoms with E-state index in [1.807, 2.05) is 6.92 Å². The van der Waals surface area contributed by atoms with Gasteiger partial charge in [0.15, 0.2) is 0 Å². The number of anilines is 1. The van der Waals surface area contributed by atoms with Crippen LogP contribution in [0.15, 0.2) is 12.4 Å². The second-order valence-electron chi connectivity index (χ2n) is 3.37. The van der Waals surface area contributed by atoms with Crippen LogP contribution < -0.4 is 10.6 Å². The van der Waals surface area contributed by atoms with Crippen LogP contribution in [0.3, 0.4) is 0 Å². The molecule has 0 amide bonds. The monoisotopic (exact) mass is 224 g/mol. The minimum absolute atomic E-state index is 0.478. The second kappa shape index (κ2) is 7.14. The van der Waals surface area contributed by atoms with E-state index in [4.69, 9.17) is 10.5 Å². The normalized spacial score (nSPS) is 10.4. The molecule has 0 aliphatic rings. The van der Waals surface area contributed by atoms with E-state index in [0.29, 0.717) is 13.2 Å². The highest BCUT2D eigenvalue weighted by atomic mass is 16.5. The summed E-state index contributed by atoms with van der Waals surface area (Å²) in [7, 11) is 0. The van der Waals surface area contributed by atoms with Crippen molar-refractivity contribution in [2.45, 2.75) is 20.4 Å². The highest BCUT2D eigenvalue weighted by molar-refractivity contribution is 5.29. The highest BCUT2D eigenvalue weighted by Gasteiger charge is 2.06. The summed E-state index contributed by atoms with van der Waals surface area (Å²) in [4.78, 5) is 10.6. The van der Waals surface area contributed by atoms with Crippen molar-refractivity contribution in [1.29, 1.82) is 0 Å². The van der Waals surface area contributed by atoms with Crippen LogP contribution in [0.2, 0.25) is 0 Å². The van der Waals surface area contributed by atoms with Gasteiger partial charge in [-0.15, -0.1) is 0 Å². The molecule has 0 aliphatic heterocycles. The molecule has 0 unspecified atom stereocenters. The standard InChI is InChI=1S/C11H20N4O/c1-3-15(5-6-16-4-2)11-13-8-10(7-12)9-14-11/h8-9H,3-7,12H2,1-2H3. The van der Waals surface area contributed by atoms with E-state index >= 15 is 0 Å². The van der Waals surface area contributed by atoms with Gasteiger partial charge in [-0.1, -0.05) is 0 Å². The van der Waals surface area contributed by atoms with Gasteiger partial charge in [0.2, 0.25) is 5.95 Å². The van der Waals surface area contributed by atoms with E-state index in [1.54, 1.807) is 12.4 Å². The van der Waals surface area contributed by atoms with Crippen LogP contribution in [0.1, 0.15) is 19.4 Å². The maximum atomic E-state index is 5.49. The lowest BCUT2D eigenvalue weighted by Crippen LogP contribution is -2.28. The molecule has 1 aromatic rings. The maximum Gasteiger partial charge on any atom is 0.225 e. The molecule has 90 valence electrons. The molecular weight excluding hydrogens is 204 g/mol. The lowest BCUT2D eigenvalue weighted by atomic mass is 10.3. The van der Waals surface area contributed by atoms with Crippen molar-refractivity contribution >= 4 is 5.95 Å². The number of rotatable bonds is 7. The smallest absolute Gasteiger partial charge is 0.225 e. The Labute approximate surface area is 96.6 Å². The quantitative estimate of drug-likeness (QED) is 0.694. The van der Waals surface area contributed by atoms with Gasteiger partial charge >= 0.3 is 0 Å². The zero-order valence-corrected chi connectivity index (χ0v) is 10.0. The molecule has 0 aromatic carbocycles. The van der Waals surface area contributed by atoms with Gasteiger partial charge < -0.3 is 15.4 Å². The number of ether oxygens (including phenoxy) is 1. The van der Waals surface area contributed by atoms with E-state index < -0.39 is 0 Å². The third-order valence-electron chi connectivity index (χ3n) is 2.30. The lowest BCUT2D eigenvalue weighted by Gasteiger charge is -2.20. The van der Waals surface area contributed by atoms with Gasteiger partial charge in [-0.2, -0.15) is 0 Å². The molecule has 2 N–H and O–H groups in total. The van der Waals surface area contributed by atoms with Crippen LogP contribution in [0.5, 0.6) is 0 Å². The van der Waals surface area contributed by atoms with Crippen molar-refractivity contribution in [3.8, 4) is 0 Å². The van der Waals surface area contributed by atoms with Crippen LogP contribution in [0.25, 0.3) is 0 Å². The van der Waals surface area contributed by atoms with Crippen molar-refractivity contribution in [3.63, 3.8) is 0 Å². The predicted octanol–water partition coefficient (Wildman–Crippen LogP) is 0.798. The Bertz CT molecular complexity index is 289. The minimum atomic E-state index is 0.478. The van der Waals surface area contributed by atoms with E-state index in [-0.39, 0.29) is 0 Å². The Hall–Kier alpha value is -1.20. The first kappa shape index (κ1) is 12.9. The number of hydrogen-bond donors (Lipinski definition) is 1. The van der Waals surface area contributed by atoms with E-state index in [9.17, 15) is 0 Å². The molecule has 0 fully saturated rings. The van der Waals surface area contributed by atoms with Crippen molar-refractivity contribution in [3.05, 3.63) is 18.0 Å². The first-order chi connectivity index (χ1) is 7.81. The van der Waals surface area contributed by atoms with Gasteiger partial charge in [0, 0.05) is 44.2 Å². The van der Waals surface area contributed by atoms with Crippen molar-refractivity contribution in [1.82, 2.24) is 9.97 Å². The van der Waals surface area contributed by atoms with Crippen LogP contribution in [0, 0.1) is 0 Å². The summed E-state index contributed by atoms with van der Waals surface area (Å²) >= 11 is 0. The predicted molar refractivity (Wildman–Crippen MR) is 64.3 cm³/mol. The molecule has 0 atom stereocenters. The van der Waals surface area contributed by atoms with Gasteiger partial charge in [0.1, 0.15) is 0 Å². The Morgan fingerprint density at radius 1 is 1.31 bits per heavy atom. The molecule has 0 bridgehead atoms. The van der Waals surface area contributed by atoms with E-state index in [0.717, 1.165) is 31.2 Å². The summed E-state index contributed by atoms with van der Waals surface area (Å²) in [5.41, 5.74) is 6.44. The number of aromatic nitrogens is 2. The Morgan fingerprint density at radius 2 is 2.00 bits per heavy atom. The molecule has 0 aliphatic carbocycles. The number of hydrogen-bond acceptors (Lipinski definition) is 5. The number of nitrogens with two attached hydrogens (primary N) is 1. The molecule has 16 heavy (non-hydrogen) atoms. The second-order valence-corrected chi connectivity index (χ2v) is 3.37. The Balaban J connectivity index is 2.56. The van der Waals surface area contributed by atoms with Crippen LogP contribution >= 0.6 is 0 Å². The van der Waals surface area contributed by atoms with Gasteiger partial charge in [-0.05, 0) is 13.8 Å². The molecule has 0 saturated carbocycles. The molecule has 5 heteroatoms. The van der Waals surface area contributed by atoms with Gasteiger partial charge in [0.25, 0.3) is 0 Å². The third kappa shape index (κ3) is 3.75. The van der Waals surface area contributed by atoms with E-state index in [1.165, 1.54) is 0 Å². The minimum Gasteiger partial charge on any atom is -0.380 e. The first-order valence-corrected chi connectivity index (χ1v) is 5.65. The van der Waals surface area contributed by atoms with Crippen LogP contribution in [-0.4, -0.2) is 36.3 Å². The SMILES string of the molecule is CCOCCN(CC)c1ncc(CN)cn1. The van der Waals surface area contributed by atoms with Crippen molar-refractivity contribution in [2.75, 3.05) is 31.2 Å². The summed E-state index contributed by atoms with van der Waals surface area (Å²) in [6, 6.07) is 0. The summed E-state index contributed by atoms with van der Waals surface area (Å²) in [5.74, 6) is 0.736.